The van der Waals surface area contributed by atoms with Crippen molar-refractivity contribution in [2.24, 2.45) is 5.41 Å². The summed E-state index contributed by atoms with van der Waals surface area (Å²) in [6.45, 7) is 19.1. The lowest BCUT2D eigenvalue weighted by Gasteiger charge is -2.27. The number of hydrogen-bond donors (Lipinski definition) is 1. The number of carbonyl (C=O) groups is 2. The van der Waals surface area contributed by atoms with Crippen molar-refractivity contribution in [2.75, 3.05) is 20.2 Å². The number of likely N-dealkylation sites (N-methyl/N-ethyl adjacent to an activating group) is 1. The van der Waals surface area contributed by atoms with Gasteiger partial charge in [-0.05, 0) is 31.2 Å². The molecule has 0 fully saturated rings. The molecule has 6 nitrogen and oxygen atoms in total. The summed E-state index contributed by atoms with van der Waals surface area (Å²) in [5, 5.41) is 2.82. The number of alkyl carbamates (subject to hydrolysis) is 1. The summed E-state index contributed by atoms with van der Waals surface area (Å²) in [6, 6.07) is 0.721. The molecule has 0 aromatic rings. The van der Waals surface area contributed by atoms with Gasteiger partial charge in [0.15, 0.2) is 0 Å². The van der Waals surface area contributed by atoms with Crippen molar-refractivity contribution >= 4 is 20.3 Å². The summed E-state index contributed by atoms with van der Waals surface area (Å²) < 4.78 is 10.3. The highest BCUT2D eigenvalue weighted by atomic mass is 28.3. The van der Waals surface area contributed by atoms with E-state index in [-0.39, 0.29) is 17.6 Å². The maximum atomic E-state index is 12.2. The van der Waals surface area contributed by atoms with Crippen LogP contribution in [0, 0.1) is 5.41 Å². The Bertz CT molecular complexity index is 481. The van der Waals surface area contributed by atoms with E-state index in [1.807, 2.05) is 0 Å². The lowest BCUT2D eigenvalue weighted by atomic mass is 9.88. The van der Waals surface area contributed by atoms with Crippen LogP contribution in [0.2, 0.25) is 25.7 Å². The fourth-order valence-corrected chi connectivity index (χ4v) is 2.84. The van der Waals surface area contributed by atoms with Gasteiger partial charge in [0.25, 0.3) is 0 Å². The molecule has 0 unspecified atom stereocenters. The second-order valence-electron chi connectivity index (χ2n) is 9.34. The number of amides is 2. The number of carbonyl (C=O) groups excluding carboxylic acids is 2. The van der Waals surface area contributed by atoms with Gasteiger partial charge in [-0.15, -0.1) is 0 Å². The summed E-state index contributed by atoms with van der Waals surface area (Å²) in [5.41, 5.74) is 0.134. The van der Waals surface area contributed by atoms with Gasteiger partial charge < -0.3 is 19.7 Å². The largest absolute Gasteiger partial charge is 0.450 e. The van der Waals surface area contributed by atoms with Gasteiger partial charge >= 0.3 is 12.2 Å². The van der Waals surface area contributed by atoms with Gasteiger partial charge in [-0.1, -0.05) is 47.0 Å². The van der Waals surface area contributed by atoms with Crippen LogP contribution < -0.4 is 5.32 Å². The van der Waals surface area contributed by atoms with Crippen molar-refractivity contribution < 1.29 is 19.1 Å². The molecule has 0 saturated heterocycles. The monoisotopic (exact) mass is 386 g/mol. The third-order valence-electron chi connectivity index (χ3n) is 3.72. The Hall–Kier alpha value is -1.50. The Morgan fingerprint density at radius 1 is 1.23 bits per heavy atom. The molecule has 0 aliphatic carbocycles. The third kappa shape index (κ3) is 13.8. The molecule has 0 aliphatic rings. The van der Waals surface area contributed by atoms with E-state index in [1.54, 1.807) is 14.0 Å². The highest BCUT2D eigenvalue weighted by molar-refractivity contribution is 6.76. The van der Waals surface area contributed by atoms with E-state index in [9.17, 15) is 9.59 Å². The van der Waals surface area contributed by atoms with Gasteiger partial charge in [0.1, 0.15) is 0 Å². The lowest BCUT2D eigenvalue weighted by molar-refractivity contribution is 0.109. The number of hydrogen-bond acceptors (Lipinski definition) is 4. The summed E-state index contributed by atoms with van der Waals surface area (Å²) in [5.74, 6) is 0.330. The average molecular weight is 387 g/mol. The van der Waals surface area contributed by atoms with Crippen molar-refractivity contribution in [3.05, 3.63) is 12.3 Å². The van der Waals surface area contributed by atoms with Crippen LogP contribution in [0.4, 0.5) is 9.59 Å². The van der Waals surface area contributed by atoms with E-state index in [2.05, 4.69) is 52.3 Å². The zero-order valence-corrected chi connectivity index (χ0v) is 18.9. The van der Waals surface area contributed by atoms with Crippen LogP contribution >= 0.6 is 0 Å². The maximum Gasteiger partial charge on any atom is 0.412 e. The molecule has 0 radical (unpaired) electrons. The molecule has 0 aliphatic heterocycles. The Balaban J connectivity index is 4.68. The van der Waals surface area contributed by atoms with E-state index in [0.29, 0.717) is 18.9 Å². The second kappa shape index (κ2) is 10.6. The first-order valence-corrected chi connectivity index (χ1v) is 12.9. The predicted molar refractivity (Wildman–Crippen MR) is 109 cm³/mol. The van der Waals surface area contributed by atoms with Crippen LogP contribution in [0.25, 0.3) is 0 Å². The van der Waals surface area contributed by atoms with Crippen LogP contribution in [0.3, 0.4) is 0 Å². The quantitative estimate of drug-likeness (QED) is 0.454. The molecule has 0 spiro atoms. The van der Waals surface area contributed by atoms with E-state index in [1.165, 1.54) is 4.90 Å². The molecule has 7 heteroatoms. The van der Waals surface area contributed by atoms with Crippen LogP contribution in [-0.4, -0.2) is 51.4 Å². The molecule has 0 saturated carbocycles. The Morgan fingerprint density at radius 2 is 1.81 bits per heavy atom. The molecular formula is C19H38N2O4Si. The Labute approximate surface area is 160 Å². The molecule has 152 valence electrons. The summed E-state index contributed by atoms with van der Waals surface area (Å²) in [4.78, 5) is 25.6. The van der Waals surface area contributed by atoms with Crippen molar-refractivity contribution in [3.8, 4) is 0 Å². The van der Waals surface area contributed by atoms with Crippen LogP contribution in [-0.2, 0) is 9.47 Å². The van der Waals surface area contributed by atoms with Gasteiger partial charge in [-0.3, -0.25) is 0 Å². The van der Waals surface area contributed by atoms with Crippen LogP contribution in [0.5, 0.6) is 0 Å². The fourth-order valence-electron chi connectivity index (χ4n) is 2.13. The van der Waals surface area contributed by atoms with Crippen molar-refractivity contribution in [2.45, 2.75) is 72.3 Å². The molecule has 1 atom stereocenters. The zero-order chi connectivity index (χ0) is 20.5. The number of allylic oxidation sites excluding steroid dienone is 1. The Kier molecular flexibility index (Phi) is 9.99. The summed E-state index contributed by atoms with van der Waals surface area (Å²) in [7, 11) is 0.448. The molecular weight excluding hydrogens is 348 g/mol. The Morgan fingerprint density at radius 3 is 2.27 bits per heavy atom. The minimum Gasteiger partial charge on any atom is -0.450 e. The van der Waals surface area contributed by atoms with Crippen molar-refractivity contribution in [3.63, 3.8) is 0 Å². The van der Waals surface area contributed by atoms with Gasteiger partial charge in [-0.2, -0.15) is 0 Å². The molecule has 0 rings (SSSR count). The smallest absolute Gasteiger partial charge is 0.412 e. The van der Waals surface area contributed by atoms with Crippen molar-refractivity contribution in [1.29, 1.82) is 0 Å². The molecule has 0 aromatic carbocycles. The van der Waals surface area contributed by atoms with E-state index in [0.717, 1.165) is 18.9 Å². The fraction of sp³-hybridized carbons (Fsp3) is 0.789. The number of ether oxygens (including phenoxy) is 2. The van der Waals surface area contributed by atoms with Crippen molar-refractivity contribution in [1.82, 2.24) is 10.2 Å². The van der Waals surface area contributed by atoms with E-state index in [4.69, 9.17) is 9.47 Å². The molecule has 1 N–H and O–H groups in total. The summed E-state index contributed by atoms with van der Waals surface area (Å²) >= 11 is 0. The van der Waals surface area contributed by atoms with Crippen LogP contribution in [0.15, 0.2) is 12.3 Å². The summed E-state index contributed by atoms with van der Waals surface area (Å²) in [6.07, 6.45) is 0.737. The first-order chi connectivity index (χ1) is 11.7. The topological polar surface area (TPSA) is 67.9 Å². The van der Waals surface area contributed by atoms with Gasteiger partial charge in [0, 0.05) is 27.7 Å². The van der Waals surface area contributed by atoms with E-state index >= 15 is 0 Å². The molecule has 0 aromatic heterocycles. The zero-order valence-electron chi connectivity index (χ0n) is 17.9. The van der Waals surface area contributed by atoms with Gasteiger partial charge in [0.05, 0.1) is 12.4 Å². The molecule has 2 amide bonds. The van der Waals surface area contributed by atoms with Gasteiger partial charge in [-0.25, -0.2) is 9.59 Å². The average Bonchev–Trinajstić information content (AvgIpc) is 2.41. The predicted octanol–water partition coefficient (Wildman–Crippen LogP) is 4.85. The first-order valence-electron chi connectivity index (χ1n) is 9.21. The number of nitrogens with zero attached hydrogens (tertiary/aromatic N) is 1. The minimum atomic E-state index is -1.24. The minimum absolute atomic E-state index is 0.134. The lowest BCUT2D eigenvalue weighted by Crippen LogP contribution is -2.45. The molecule has 0 heterocycles. The number of nitrogens with one attached hydrogen (secondary N) is 1. The molecule has 0 bridgehead atoms. The van der Waals surface area contributed by atoms with Crippen LogP contribution in [0.1, 0.15) is 40.5 Å². The SMILES string of the molecule is C=C(C)OC(=O)N[C@@H](CCC(C)(C)C)CN(C)C(=O)OCC[Si](C)(C)C. The van der Waals surface area contributed by atoms with Gasteiger partial charge in [0.2, 0.25) is 0 Å². The maximum absolute atomic E-state index is 12.2. The third-order valence-corrected chi connectivity index (χ3v) is 5.42. The highest BCUT2D eigenvalue weighted by Gasteiger charge is 2.22. The first kappa shape index (κ1) is 24.5. The standard InChI is InChI=1S/C19H38N2O4Si/c1-15(2)25-17(22)20-16(10-11-19(3,4)5)14-21(6)18(23)24-12-13-26(7,8)9/h16H,1,10-14H2,2-9H3,(H,20,22)/t16-/m0/s1. The highest BCUT2D eigenvalue weighted by Crippen LogP contribution is 2.22. The second-order valence-corrected chi connectivity index (χ2v) is 15.0. The number of rotatable bonds is 9. The van der Waals surface area contributed by atoms with E-state index < -0.39 is 14.2 Å². The molecule has 26 heavy (non-hydrogen) atoms. The normalized spacial score (nSPS) is 12.9.